The van der Waals surface area contributed by atoms with Crippen LogP contribution in [-0.4, -0.2) is 69.1 Å². The van der Waals surface area contributed by atoms with Gasteiger partial charge in [0.1, 0.15) is 17.7 Å². The highest BCUT2D eigenvalue weighted by molar-refractivity contribution is 5.96. The zero-order valence-corrected chi connectivity index (χ0v) is 25.5. The summed E-state index contributed by atoms with van der Waals surface area (Å²) >= 11 is 0. The summed E-state index contributed by atoms with van der Waals surface area (Å²) in [5.41, 5.74) is 0.909. The molecule has 8 atom stereocenters. The molecule has 236 valence electrons. The third kappa shape index (κ3) is 6.17. The van der Waals surface area contributed by atoms with E-state index in [0.717, 1.165) is 44.2 Å². The second kappa shape index (κ2) is 12.3. The quantitative estimate of drug-likeness (QED) is 0.188. The van der Waals surface area contributed by atoms with Crippen LogP contribution in [0.5, 0.6) is 0 Å². The number of fused-ring (bicyclic) bond motifs is 5. The van der Waals surface area contributed by atoms with Gasteiger partial charge in [0.05, 0.1) is 12.1 Å². The monoisotopic (exact) mass is 599 g/mol. The van der Waals surface area contributed by atoms with Crippen molar-refractivity contribution in [1.29, 1.82) is 0 Å². The molecule has 4 aliphatic carbocycles. The van der Waals surface area contributed by atoms with Crippen LogP contribution in [-0.2, 0) is 24.0 Å². The van der Waals surface area contributed by atoms with E-state index in [9.17, 15) is 29.4 Å². The number of carboxylic acid groups (broad SMARTS) is 2. The lowest BCUT2D eigenvalue weighted by atomic mass is 9.46. The minimum absolute atomic E-state index is 0.0454. The van der Waals surface area contributed by atoms with Gasteiger partial charge in [-0.25, -0.2) is 4.79 Å². The Morgan fingerprint density at radius 1 is 1.07 bits per heavy atom. The first-order valence-electron chi connectivity index (χ1n) is 15.3. The molecular weight excluding hydrogens is 554 g/mol. The fraction of sp³-hybridized carbons (Fsp3) is 0.719. The zero-order chi connectivity index (χ0) is 31.7. The number of hydrogen-bond donors (Lipinski definition) is 5. The van der Waals surface area contributed by atoms with Gasteiger partial charge >= 0.3 is 11.9 Å². The number of amides is 2. The number of oxime groups is 1. The first-order valence-corrected chi connectivity index (χ1v) is 15.3. The molecule has 3 saturated carbocycles. The molecule has 0 saturated heterocycles. The highest BCUT2D eigenvalue weighted by atomic mass is 16.6. The lowest BCUT2D eigenvalue weighted by Gasteiger charge is -2.58. The SMILES string of the molecule is C#C[C@@]1(O)CC[C@@H]2[C@@H]3CCC4=C/C(=N\OCC(=O)N[C@H](C(=O)N[C@H](CC(=O)O)C(=O)O)C(C)C)CC[C@]4(C)[C@H]3CC[C@@]21C. The molecule has 0 aliphatic heterocycles. The molecule has 11 heteroatoms. The van der Waals surface area contributed by atoms with Crippen LogP contribution in [0.15, 0.2) is 16.8 Å². The summed E-state index contributed by atoms with van der Waals surface area (Å²) in [5.74, 6) is -0.430. The number of carboxylic acids is 2. The van der Waals surface area contributed by atoms with Crippen LogP contribution >= 0.6 is 0 Å². The van der Waals surface area contributed by atoms with Crippen molar-refractivity contribution in [2.75, 3.05) is 6.61 Å². The summed E-state index contributed by atoms with van der Waals surface area (Å²) in [6, 6.07) is -2.70. The van der Waals surface area contributed by atoms with E-state index in [1.165, 1.54) is 5.57 Å². The molecule has 5 N–H and O–H groups in total. The van der Waals surface area contributed by atoms with Crippen LogP contribution in [0, 0.1) is 46.8 Å². The summed E-state index contributed by atoms with van der Waals surface area (Å²) in [6.45, 7) is 7.46. The second-order valence-electron chi connectivity index (χ2n) is 13.6. The molecule has 43 heavy (non-hydrogen) atoms. The number of rotatable bonds is 10. The molecule has 11 nitrogen and oxygen atoms in total. The highest BCUT2D eigenvalue weighted by Gasteiger charge is 2.63. The van der Waals surface area contributed by atoms with Gasteiger partial charge in [-0.15, -0.1) is 6.42 Å². The molecule has 0 unspecified atom stereocenters. The van der Waals surface area contributed by atoms with Gasteiger partial charge in [0.2, 0.25) is 5.91 Å². The Labute approximate surface area is 252 Å². The first-order chi connectivity index (χ1) is 20.1. The van der Waals surface area contributed by atoms with Crippen LogP contribution in [0.1, 0.15) is 85.5 Å². The minimum Gasteiger partial charge on any atom is -0.481 e. The summed E-state index contributed by atoms with van der Waals surface area (Å²) < 4.78 is 0. The van der Waals surface area contributed by atoms with E-state index in [0.29, 0.717) is 30.6 Å². The summed E-state index contributed by atoms with van der Waals surface area (Å²) in [6.07, 6.45) is 14.4. The maximum absolute atomic E-state index is 12.6. The van der Waals surface area contributed by atoms with Crippen LogP contribution < -0.4 is 10.6 Å². The van der Waals surface area contributed by atoms with Gasteiger partial charge in [0, 0.05) is 5.41 Å². The van der Waals surface area contributed by atoms with Gasteiger partial charge in [0.15, 0.2) is 6.61 Å². The van der Waals surface area contributed by atoms with Gasteiger partial charge in [-0.1, -0.05) is 44.3 Å². The van der Waals surface area contributed by atoms with E-state index in [2.05, 4.69) is 41.6 Å². The number of hydrogen-bond acceptors (Lipinski definition) is 7. The van der Waals surface area contributed by atoms with Crippen molar-refractivity contribution in [1.82, 2.24) is 10.6 Å². The molecular formula is C32H45N3O8. The van der Waals surface area contributed by atoms with Crippen molar-refractivity contribution in [2.45, 2.75) is 103 Å². The third-order valence-corrected chi connectivity index (χ3v) is 11.0. The smallest absolute Gasteiger partial charge is 0.326 e. The molecule has 0 radical (unpaired) electrons. The average molecular weight is 600 g/mol. The molecule has 0 spiro atoms. The van der Waals surface area contributed by atoms with Crippen molar-refractivity contribution in [3.8, 4) is 12.3 Å². The molecule has 2 amide bonds. The third-order valence-electron chi connectivity index (χ3n) is 11.0. The molecule has 4 rings (SSSR count). The van der Waals surface area contributed by atoms with Crippen LogP contribution in [0.2, 0.25) is 0 Å². The zero-order valence-electron chi connectivity index (χ0n) is 25.5. The second-order valence-corrected chi connectivity index (χ2v) is 13.6. The van der Waals surface area contributed by atoms with E-state index in [-0.39, 0.29) is 10.8 Å². The van der Waals surface area contributed by atoms with E-state index >= 15 is 0 Å². The van der Waals surface area contributed by atoms with Crippen molar-refractivity contribution in [3.63, 3.8) is 0 Å². The molecule has 0 bridgehead atoms. The molecule has 0 aromatic rings. The van der Waals surface area contributed by atoms with E-state index in [1.807, 2.05) is 0 Å². The largest absolute Gasteiger partial charge is 0.481 e. The fourth-order valence-corrected chi connectivity index (χ4v) is 8.46. The molecule has 3 fully saturated rings. The number of nitrogens with zero attached hydrogens (tertiary/aromatic N) is 1. The molecule has 0 heterocycles. The number of allylic oxidation sites excluding steroid dienone is 2. The highest BCUT2D eigenvalue weighted by Crippen LogP contribution is 2.67. The maximum Gasteiger partial charge on any atom is 0.326 e. The van der Waals surface area contributed by atoms with Gasteiger partial charge in [-0.05, 0) is 86.5 Å². The molecule has 4 aliphatic rings. The predicted molar refractivity (Wildman–Crippen MR) is 157 cm³/mol. The Morgan fingerprint density at radius 3 is 2.40 bits per heavy atom. The Kier molecular flexibility index (Phi) is 9.31. The summed E-state index contributed by atoms with van der Waals surface area (Å²) in [5, 5.41) is 38.3. The summed E-state index contributed by atoms with van der Waals surface area (Å²) in [4.78, 5) is 52.9. The number of nitrogens with one attached hydrogen (secondary N) is 2. The van der Waals surface area contributed by atoms with Crippen LogP contribution in [0.3, 0.4) is 0 Å². The fourth-order valence-electron chi connectivity index (χ4n) is 8.46. The van der Waals surface area contributed by atoms with Crippen molar-refractivity contribution >= 4 is 29.5 Å². The number of carbonyl (C=O) groups excluding carboxylic acids is 2. The standard InChI is InChI=1S/C32H45N3O8/c1-6-32(42)14-11-23-21-8-7-19-15-20(9-12-30(19,4)22(21)10-13-31(23,32)5)35-43-17-25(36)34-27(18(2)3)28(39)33-24(29(40)41)16-26(37)38/h1,15,18,21-24,27,42H,7-14,16-17H2,2-5H3,(H,33,39)(H,34,36)(H,37,38)(H,40,41)/b35-20-/t21-,22+,23-,24-,27+,30+,31+,32-/m1/s1. The lowest BCUT2D eigenvalue weighted by Crippen LogP contribution is -2.54. The van der Waals surface area contributed by atoms with Crippen molar-refractivity contribution in [2.24, 2.45) is 39.7 Å². The maximum atomic E-state index is 12.6. The average Bonchev–Trinajstić information content (AvgIpc) is 3.21. The predicted octanol–water partition coefficient (Wildman–Crippen LogP) is 2.87. The van der Waals surface area contributed by atoms with E-state index in [1.54, 1.807) is 13.8 Å². The van der Waals surface area contributed by atoms with Crippen molar-refractivity contribution in [3.05, 3.63) is 11.6 Å². The topological polar surface area (TPSA) is 175 Å². The minimum atomic E-state index is -1.62. The van der Waals surface area contributed by atoms with Crippen LogP contribution in [0.4, 0.5) is 0 Å². The summed E-state index contributed by atoms with van der Waals surface area (Å²) in [7, 11) is 0. The number of aliphatic carboxylic acids is 2. The number of carbonyl (C=O) groups is 4. The Hall–Kier alpha value is -3.39. The number of terminal acetylenes is 1. The Morgan fingerprint density at radius 2 is 1.77 bits per heavy atom. The normalized spacial score (nSPS) is 35.3. The first kappa shape index (κ1) is 32.5. The van der Waals surface area contributed by atoms with Gasteiger partial charge in [-0.3, -0.25) is 14.4 Å². The molecule has 0 aromatic carbocycles. The number of aliphatic hydroxyl groups is 1. The van der Waals surface area contributed by atoms with Gasteiger partial charge in [0.25, 0.3) is 5.91 Å². The van der Waals surface area contributed by atoms with Gasteiger partial charge < -0.3 is 30.8 Å². The van der Waals surface area contributed by atoms with E-state index < -0.39 is 60.4 Å². The van der Waals surface area contributed by atoms with Gasteiger partial charge in [-0.2, -0.15) is 0 Å². The van der Waals surface area contributed by atoms with Crippen LogP contribution in [0.25, 0.3) is 0 Å². The Balaban J connectivity index is 1.35. The molecule has 0 aromatic heterocycles. The Bertz CT molecular complexity index is 1250. The van der Waals surface area contributed by atoms with Crippen molar-refractivity contribution < 1.29 is 39.3 Å². The van der Waals surface area contributed by atoms with E-state index in [4.69, 9.17) is 16.4 Å². The lowest BCUT2D eigenvalue weighted by molar-refractivity contribution is -0.147.